The van der Waals surface area contributed by atoms with Gasteiger partial charge < -0.3 is 9.47 Å². The smallest absolute Gasteiger partial charge is 0.339 e. The lowest BCUT2D eigenvalue weighted by atomic mass is 9.86. The quantitative estimate of drug-likeness (QED) is 0.571. The van der Waals surface area contributed by atoms with Crippen molar-refractivity contribution in [3.63, 3.8) is 0 Å². The zero-order valence-electron chi connectivity index (χ0n) is 17.1. The van der Waals surface area contributed by atoms with Crippen LogP contribution in [0.4, 0.5) is 0 Å². The van der Waals surface area contributed by atoms with E-state index in [2.05, 4.69) is 6.08 Å². The van der Waals surface area contributed by atoms with Gasteiger partial charge in [-0.2, -0.15) is 0 Å². The van der Waals surface area contributed by atoms with E-state index in [0.717, 1.165) is 58.3 Å². The summed E-state index contributed by atoms with van der Waals surface area (Å²) in [5.41, 5.74) is 5.15. The first-order valence-corrected chi connectivity index (χ1v) is 10.00. The lowest BCUT2D eigenvalue weighted by Crippen LogP contribution is -2.17. The molecule has 1 aliphatic rings. The summed E-state index contributed by atoms with van der Waals surface area (Å²) < 4.78 is 10.5. The molecule has 0 saturated carbocycles. The van der Waals surface area contributed by atoms with Crippen molar-refractivity contribution >= 4 is 34.3 Å². The number of benzene rings is 2. The van der Waals surface area contributed by atoms with E-state index >= 15 is 0 Å². The summed E-state index contributed by atoms with van der Waals surface area (Å²) >= 11 is 0. The van der Waals surface area contributed by atoms with E-state index in [-0.39, 0.29) is 12.4 Å². The van der Waals surface area contributed by atoms with Crippen molar-refractivity contribution in [1.82, 2.24) is 4.98 Å². The van der Waals surface area contributed by atoms with Gasteiger partial charge >= 0.3 is 5.97 Å². The van der Waals surface area contributed by atoms with Gasteiger partial charge in [-0.3, -0.25) is 4.79 Å². The Labute approximate surface area is 175 Å². The van der Waals surface area contributed by atoms with Crippen LogP contribution in [0.3, 0.4) is 0 Å². The molecular formula is C25H23NO4. The lowest BCUT2D eigenvalue weighted by Gasteiger charge is -2.22. The van der Waals surface area contributed by atoms with E-state index in [4.69, 9.17) is 14.5 Å². The van der Waals surface area contributed by atoms with Crippen molar-refractivity contribution in [3.8, 4) is 5.75 Å². The minimum absolute atomic E-state index is 0.185. The van der Waals surface area contributed by atoms with Crippen molar-refractivity contribution in [2.75, 3.05) is 13.7 Å². The van der Waals surface area contributed by atoms with E-state index in [1.54, 1.807) is 7.11 Å². The summed E-state index contributed by atoms with van der Waals surface area (Å²) in [5.74, 6) is 0.155. The number of methoxy groups -OCH3 is 1. The summed E-state index contributed by atoms with van der Waals surface area (Å²) in [6.45, 7) is 1.18. The number of ketones is 1. The maximum atomic E-state index is 12.9. The zero-order valence-corrected chi connectivity index (χ0v) is 17.1. The van der Waals surface area contributed by atoms with Gasteiger partial charge in [0, 0.05) is 5.39 Å². The third kappa shape index (κ3) is 3.96. The van der Waals surface area contributed by atoms with Crippen molar-refractivity contribution < 1.29 is 19.1 Å². The summed E-state index contributed by atoms with van der Waals surface area (Å²) in [7, 11) is 1.65. The Hall–Kier alpha value is -3.47. The number of pyridine rings is 1. The number of rotatable bonds is 5. The summed E-state index contributed by atoms with van der Waals surface area (Å²) in [4.78, 5) is 29.2. The Morgan fingerprint density at radius 2 is 1.83 bits per heavy atom. The van der Waals surface area contributed by atoms with E-state index < -0.39 is 5.97 Å². The molecule has 5 heteroatoms. The van der Waals surface area contributed by atoms with Crippen LogP contribution in [-0.4, -0.2) is 30.5 Å². The number of fused-ring (bicyclic) bond motifs is 2. The molecule has 1 aromatic heterocycles. The van der Waals surface area contributed by atoms with Crippen LogP contribution < -0.4 is 4.74 Å². The molecule has 30 heavy (non-hydrogen) atoms. The van der Waals surface area contributed by atoms with Crippen LogP contribution in [0.2, 0.25) is 0 Å². The SMILES string of the molecule is COc1ccc(/C=C2\CCCc3c2nc2ccccc2c3C(=O)OCC(C)=O)cc1. The predicted octanol–water partition coefficient (Wildman–Crippen LogP) is 4.87. The highest BCUT2D eigenvalue weighted by Gasteiger charge is 2.26. The molecule has 0 fully saturated rings. The van der Waals surface area contributed by atoms with Gasteiger partial charge in [0.05, 0.1) is 23.9 Å². The average molecular weight is 401 g/mol. The van der Waals surface area contributed by atoms with E-state index in [0.29, 0.717) is 5.56 Å². The monoisotopic (exact) mass is 401 g/mol. The minimum atomic E-state index is -0.467. The molecule has 0 unspecified atom stereocenters. The van der Waals surface area contributed by atoms with E-state index in [1.165, 1.54) is 6.92 Å². The Morgan fingerprint density at radius 1 is 1.07 bits per heavy atom. The fourth-order valence-electron chi connectivity index (χ4n) is 3.85. The van der Waals surface area contributed by atoms with Gasteiger partial charge in [0.1, 0.15) is 12.4 Å². The number of ether oxygens (including phenoxy) is 2. The van der Waals surface area contributed by atoms with Crippen LogP contribution in [0.5, 0.6) is 5.75 Å². The van der Waals surface area contributed by atoms with Crippen molar-refractivity contribution in [1.29, 1.82) is 0 Å². The molecule has 152 valence electrons. The van der Waals surface area contributed by atoms with Gasteiger partial charge in [-0.15, -0.1) is 0 Å². The number of para-hydroxylation sites is 1. The second-order valence-electron chi connectivity index (χ2n) is 7.41. The van der Waals surface area contributed by atoms with Crippen molar-refractivity contribution in [3.05, 3.63) is 70.9 Å². The average Bonchev–Trinajstić information content (AvgIpc) is 2.76. The first kappa shape index (κ1) is 19.8. The molecule has 3 aromatic rings. The highest BCUT2D eigenvalue weighted by Crippen LogP contribution is 2.36. The van der Waals surface area contributed by atoms with Crippen LogP contribution in [0.1, 0.15) is 46.9 Å². The van der Waals surface area contributed by atoms with Crippen molar-refractivity contribution in [2.24, 2.45) is 0 Å². The second kappa shape index (κ2) is 8.49. The van der Waals surface area contributed by atoms with Crippen LogP contribution in [0.25, 0.3) is 22.6 Å². The number of carbonyl (C=O) groups is 2. The van der Waals surface area contributed by atoms with Gasteiger partial charge in [-0.05, 0) is 67.2 Å². The van der Waals surface area contributed by atoms with Crippen LogP contribution >= 0.6 is 0 Å². The number of hydrogen-bond acceptors (Lipinski definition) is 5. The molecule has 0 spiro atoms. The number of allylic oxidation sites excluding steroid dienone is 1. The molecule has 1 heterocycles. The molecule has 0 saturated heterocycles. The van der Waals surface area contributed by atoms with E-state index in [1.807, 2.05) is 48.5 Å². The molecule has 1 aliphatic carbocycles. The highest BCUT2D eigenvalue weighted by atomic mass is 16.5. The number of hydrogen-bond donors (Lipinski definition) is 0. The molecule has 0 radical (unpaired) electrons. The maximum Gasteiger partial charge on any atom is 0.339 e. The Bertz CT molecular complexity index is 1150. The molecule has 0 bridgehead atoms. The number of aromatic nitrogens is 1. The first-order valence-electron chi connectivity index (χ1n) is 10.00. The summed E-state index contributed by atoms with van der Waals surface area (Å²) in [6.07, 6.45) is 4.66. The topological polar surface area (TPSA) is 65.5 Å². The molecule has 0 aliphatic heterocycles. The third-order valence-electron chi connectivity index (χ3n) is 5.24. The molecule has 2 aromatic carbocycles. The molecular weight excluding hydrogens is 378 g/mol. The fourth-order valence-corrected chi connectivity index (χ4v) is 3.85. The fraction of sp³-hybridized carbons (Fsp3) is 0.240. The van der Waals surface area contributed by atoms with E-state index in [9.17, 15) is 9.59 Å². The van der Waals surface area contributed by atoms with Crippen molar-refractivity contribution in [2.45, 2.75) is 26.2 Å². The Balaban J connectivity index is 1.84. The van der Waals surface area contributed by atoms with Gasteiger partial charge in [-0.25, -0.2) is 9.78 Å². The molecule has 0 amide bonds. The number of carbonyl (C=O) groups excluding carboxylic acids is 2. The summed E-state index contributed by atoms with van der Waals surface area (Å²) in [6, 6.07) is 15.4. The standard InChI is InChI=1S/C25H23NO4/c1-16(27)15-30-25(28)23-20-7-3-4-9-22(20)26-24-18(6-5-8-21(23)24)14-17-10-12-19(29-2)13-11-17/h3-4,7,9-14H,5-6,8,15H2,1-2H3/b18-14+. The molecule has 5 nitrogen and oxygen atoms in total. The Kier molecular flexibility index (Phi) is 5.61. The predicted molar refractivity (Wildman–Crippen MR) is 117 cm³/mol. The van der Waals surface area contributed by atoms with Gasteiger partial charge in [0.15, 0.2) is 5.78 Å². The minimum Gasteiger partial charge on any atom is -0.497 e. The van der Waals surface area contributed by atoms with Crippen LogP contribution in [0, 0.1) is 0 Å². The molecule has 4 rings (SSSR count). The van der Waals surface area contributed by atoms with Crippen LogP contribution in [0.15, 0.2) is 48.5 Å². The number of nitrogens with zero attached hydrogens (tertiary/aromatic N) is 1. The second-order valence-corrected chi connectivity index (χ2v) is 7.41. The third-order valence-corrected chi connectivity index (χ3v) is 5.24. The number of Topliss-reactive ketones (excluding diaryl/α,β-unsaturated/α-hetero) is 1. The van der Waals surface area contributed by atoms with Gasteiger partial charge in [0.25, 0.3) is 0 Å². The van der Waals surface area contributed by atoms with Crippen LogP contribution in [-0.2, 0) is 16.0 Å². The zero-order chi connectivity index (χ0) is 21.1. The number of esters is 1. The maximum absolute atomic E-state index is 12.9. The summed E-state index contributed by atoms with van der Waals surface area (Å²) in [5, 5.41) is 0.760. The first-order chi connectivity index (χ1) is 14.6. The van der Waals surface area contributed by atoms with Gasteiger partial charge in [-0.1, -0.05) is 30.3 Å². The highest BCUT2D eigenvalue weighted by molar-refractivity contribution is 6.07. The lowest BCUT2D eigenvalue weighted by molar-refractivity contribution is -0.120. The Morgan fingerprint density at radius 3 is 2.57 bits per heavy atom. The molecule has 0 N–H and O–H groups in total. The normalized spacial score (nSPS) is 14.4. The molecule has 0 atom stereocenters. The van der Waals surface area contributed by atoms with Gasteiger partial charge in [0.2, 0.25) is 0 Å². The largest absolute Gasteiger partial charge is 0.497 e.